The molecule has 2 nitrogen and oxygen atoms in total. The van der Waals surface area contributed by atoms with Gasteiger partial charge in [0.15, 0.2) is 0 Å². The molecule has 1 aromatic carbocycles. The predicted molar refractivity (Wildman–Crippen MR) is 93.8 cm³/mol. The Morgan fingerprint density at radius 2 is 2.00 bits per heavy atom. The second-order valence-electron chi connectivity index (χ2n) is 7.00. The van der Waals surface area contributed by atoms with Gasteiger partial charge in [0.2, 0.25) is 0 Å². The maximum absolute atomic E-state index is 5.92. The first-order valence-electron chi connectivity index (χ1n) is 8.42. The highest BCUT2D eigenvalue weighted by molar-refractivity contribution is 9.10. The van der Waals surface area contributed by atoms with E-state index in [4.69, 9.17) is 5.73 Å². The van der Waals surface area contributed by atoms with Gasteiger partial charge in [0, 0.05) is 29.3 Å². The van der Waals surface area contributed by atoms with E-state index >= 15 is 0 Å². The molecule has 1 saturated carbocycles. The van der Waals surface area contributed by atoms with E-state index in [0.29, 0.717) is 0 Å². The van der Waals surface area contributed by atoms with Crippen LogP contribution in [0.15, 0.2) is 22.7 Å². The Labute approximate surface area is 137 Å². The van der Waals surface area contributed by atoms with Gasteiger partial charge < -0.3 is 10.6 Å². The summed E-state index contributed by atoms with van der Waals surface area (Å²) in [5, 5.41) is 0. The Balaban J connectivity index is 1.70. The highest BCUT2D eigenvalue weighted by Gasteiger charge is 2.31. The maximum atomic E-state index is 5.92. The minimum Gasteiger partial charge on any atom is -0.371 e. The van der Waals surface area contributed by atoms with Crippen LogP contribution in [0.5, 0.6) is 0 Å². The number of hydrogen-bond acceptors (Lipinski definition) is 2. The van der Waals surface area contributed by atoms with Crippen LogP contribution in [0.1, 0.15) is 44.6 Å². The third-order valence-electron chi connectivity index (χ3n) is 5.23. The van der Waals surface area contributed by atoms with Crippen molar-refractivity contribution in [3.05, 3.63) is 28.2 Å². The van der Waals surface area contributed by atoms with Crippen molar-refractivity contribution in [2.75, 3.05) is 18.0 Å². The Kier molecular flexibility index (Phi) is 4.90. The number of piperidine rings is 1. The fourth-order valence-corrected chi connectivity index (χ4v) is 4.61. The SMILES string of the molecule is CC(N)Cc1ccc(N2CCC3CCCCC3C2)cc1Br. The molecule has 1 aliphatic heterocycles. The molecule has 2 N–H and O–H groups in total. The van der Waals surface area contributed by atoms with Crippen molar-refractivity contribution in [1.29, 1.82) is 0 Å². The molecule has 1 heterocycles. The lowest BCUT2D eigenvalue weighted by Crippen LogP contribution is -2.41. The van der Waals surface area contributed by atoms with Crippen LogP contribution in [-0.2, 0) is 6.42 Å². The van der Waals surface area contributed by atoms with E-state index in [0.717, 1.165) is 18.3 Å². The zero-order valence-electron chi connectivity index (χ0n) is 13.0. The zero-order chi connectivity index (χ0) is 14.8. The summed E-state index contributed by atoms with van der Waals surface area (Å²) in [6.45, 7) is 4.54. The molecule has 21 heavy (non-hydrogen) atoms. The molecule has 116 valence electrons. The Morgan fingerprint density at radius 3 is 2.71 bits per heavy atom. The summed E-state index contributed by atoms with van der Waals surface area (Å²) in [7, 11) is 0. The third-order valence-corrected chi connectivity index (χ3v) is 5.97. The van der Waals surface area contributed by atoms with Gasteiger partial charge in [-0.2, -0.15) is 0 Å². The lowest BCUT2D eigenvalue weighted by atomic mass is 9.75. The second-order valence-corrected chi connectivity index (χ2v) is 7.85. The molecule has 2 fully saturated rings. The highest BCUT2D eigenvalue weighted by Crippen LogP contribution is 2.38. The van der Waals surface area contributed by atoms with Gasteiger partial charge in [0.1, 0.15) is 0 Å². The van der Waals surface area contributed by atoms with Crippen LogP contribution in [0.3, 0.4) is 0 Å². The van der Waals surface area contributed by atoms with E-state index in [1.165, 1.54) is 60.9 Å². The number of anilines is 1. The zero-order valence-corrected chi connectivity index (χ0v) is 14.6. The summed E-state index contributed by atoms with van der Waals surface area (Å²) in [5.74, 6) is 1.92. The average molecular weight is 351 g/mol. The molecule has 3 heteroatoms. The first kappa shape index (κ1) is 15.4. The van der Waals surface area contributed by atoms with E-state index in [9.17, 15) is 0 Å². The number of nitrogens with two attached hydrogens (primary N) is 1. The summed E-state index contributed by atoms with van der Waals surface area (Å²) >= 11 is 3.73. The first-order valence-corrected chi connectivity index (χ1v) is 9.21. The van der Waals surface area contributed by atoms with E-state index in [1.54, 1.807) is 0 Å². The molecule has 2 aliphatic rings. The number of hydrogen-bond donors (Lipinski definition) is 1. The van der Waals surface area contributed by atoms with Crippen molar-refractivity contribution in [1.82, 2.24) is 0 Å². The number of halogens is 1. The van der Waals surface area contributed by atoms with Crippen molar-refractivity contribution in [3.8, 4) is 0 Å². The predicted octanol–water partition coefficient (Wildman–Crippen LogP) is 4.36. The van der Waals surface area contributed by atoms with Crippen LogP contribution < -0.4 is 10.6 Å². The molecule has 3 atom stereocenters. The fourth-order valence-electron chi connectivity index (χ4n) is 4.08. The standard InChI is InChI=1S/C18H27BrN2/c1-13(20)10-15-6-7-17(11-18(15)19)21-9-8-14-4-2-3-5-16(14)12-21/h6-7,11,13-14,16H,2-5,8-10,12,20H2,1H3. The van der Waals surface area contributed by atoms with Crippen LogP contribution in [0.4, 0.5) is 5.69 Å². The molecule has 3 unspecified atom stereocenters. The molecule has 1 aliphatic carbocycles. The van der Waals surface area contributed by atoms with Crippen molar-refractivity contribution in [2.24, 2.45) is 17.6 Å². The Bertz CT molecular complexity index is 486. The quantitative estimate of drug-likeness (QED) is 0.877. The molecular weight excluding hydrogens is 324 g/mol. The van der Waals surface area contributed by atoms with Gasteiger partial charge >= 0.3 is 0 Å². The van der Waals surface area contributed by atoms with Gasteiger partial charge in [-0.25, -0.2) is 0 Å². The first-order chi connectivity index (χ1) is 10.1. The number of rotatable bonds is 3. The van der Waals surface area contributed by atoms with E-state index in [-0.39, 0.29) is 6.04 Å². The topological polar surface area (TPSA) is 29.3 Å². The molecular formula is C18H27BrN2. The van der Waals surface area contributed by atoms with E-state index in [2.05, 4.69) is 46.0 Å². The Hall–Kier alpha value is -0.540. The van der Waals surface area contributed by atoms with Gasteiger partial charge in [-0.15, -0.1) is 0 Å². The Morgan fingerprint density at radius 1 is 1.24 bits per heavy atom. The summed E-state index contributed by atoms with van der Waals surface area (Å²) in [5.41, 5.74) is 8.61. The van der Waals surface area contributed by atoms with Crippen molar-refractivity contribution in [3.63, 3.8) is 0 Å². The summed E-state index contributed by atoms with van der Waals surface area (Å²) < 4.78 is 1.21. The molecule has 0 aromatic heterocycles. The number of nitrogens with zero attached hydrogens (tertiary/aromatic N) is 1. The van der Waals surface area contributed by atoms with Gasteiger partial charge in [-0.1, -0.05) is 41.3 Å². The monoisotopic (exact) mass is 350 g/mol. The second kappa shape index (κ2) is 6.70. The molecule has 3 rings (SSSR count). The average Bonchev–Trinajstić information content (AvgIpc) is 2.48. The fraction of sp³-hybridized carbons (Fsp3) is 0.667. The molecule has 1 aromatic rings. The van der Waals surface area contributed by atoms with Gasteiger partial charge in [0.25, 0.3) is 0 Å². The van der Waals surface area contributed by atoms with E-state index in [1.807, 2.05) is 0 Å². The summed E-state index contributed by atoms with van der Waals surface area (Å²) in [6, 6.07) is 7.03. The minimum absolute atomic E-state index is 0.213. The van der Waals surface area contributed by atoms with Gasteiger partial charge in [0.05, 0.1) is 0 Å². The van der Waals surface area contributed by atoms with Crippen LogP contribution in [0.25, 0.3) is 0 Å². The lowest BCUT2D eigenvalue weighted by molar-refractivity contribution is 0.202. The molecule has 1 saturated heterocycles. The van der Waals surface area contributed by atoms with E-state index < -0.39 is 0 Å². The molecule has 0 bridgehead atoms. The smallest absolute Gasteiger partial charge is 0.0377 e. The van der Waals surface area contributed by atoms with Crippen molar-refractivity contribution in [2.45, 2.75) is 51.5 Å². The lowest BCUT2D eigenvalue weighted by Gasteiger charge is -2.42. The summed E-state index contributed by atoms with van der Waals surface area (Å²) in [4.78, 5) is 2.59. The molecule has 0 radical (unpaired) electrons. The molecule has 0 amide bonds. The van der Waals surface area contributed by atoms with Crippen molar-refractivity contribution >= 4 is 21.6 Å². The maximum Gasteiger partial charge on any atom is 0.0377 e. The van der Waals surface area contributed by atoms with Crippen LogP contribution in [0.2, 0.25) is 0 Å². The molecule has 0 spiro atoms. The van der Waals surface area contributed by atoms with Crippen LogP contribution in [-0.4, -0.2) is 19.1 Å². The number of benzene rings is 1. The van der Waals surface area contributed by atoms with Crippen LogP contribution >= 0.6 is 15.9 Å². The number of fused-ring (bicyclic) bond motifs is 1. The minimum atomic E-state index is 0.213. The summed E-state index contributed by atoms with van der Waals surface area (Å²) in [6.07, 6.45) is 8.11. The third kappa shape index (κ3) is 3.62. The van der Waals surface area contributed by atoms with Gasteiger partial charge in [-0.05, 0) is 55.7 Å². The van der Waals surface area contributed by atoms with Gasteiger partial charge in [-0.3, -0.25) is 0 Å². The van der Waals surface area contributed by atoms with Crippen molar-refractivity contribution < 1.29 is 0 Å². The van der Waals surface area contributed by atoms with Crippen LogP contribution in [0, 0.1) is 11.8 Å². The highest BCUT2D eigenvalue weighted by atomic mass is 79.9. The largest absolute Gasteiger partial charge is 0.371 e. The normalized spacial score (nSPS) is 27.3.